The number of piperidine rings is 1. The number of nitrogens with one attached hydrogen (secondary N) is 1. The van der Waals surface area contributed by atoms with E-state index >= 15 is 0 Å². The van der Waals surface area contributed by atoms with Gasteiger partial charge in [-0.2, -0.15) is 0 Å². The Labute approximate surface area is 128 Å². The Hall–Kier alpha value is -1.10. The highest BCUT2D eigenvalue weighted by Gasteiger charge is 2.30. The van der Waals surface area contributed by atoms with E-state index in [1.807, 2.05) is 25.7 Å². The fourth-order valence-electron chi connectivity index (χ4n) is 3.19. The minimum atomic E-state index is -0.179. The van der Waals surface area contributed by atoms with E-state index in [4.69, 9.17) is 0 Å². The Balaban J connectivity index is 1.73. The monoisotopic (exact) mass is 295 g/mol. The summed E-state index contributed by atoms with van der Waals surface area (Å²) in [4.78, 5) is 28.5. The van der Waals surface area contributed by atoms with Gasteiger partial charge in [-0.3, -0.25) is 14.5 Å². The first-order valence-electron chi connectivity index (χ1n) is 8.17. The molecule has 0 radical (unpaired) electrons. The van der Waals surface area contributed by atoms with Crippen molar-refractivity contribution in [3.63, 3.8) is 0 Å². The average Bonchev–Trinajstić information content (AvgIpc) is 2.90. The predicted octanol–water partition coefficient (Wildman–Crippen LogP) is 1.24. The standard InChI is InChI=1S/C16H29N3O2/c1-16(2,3)17-14(20)12-18-10-6-13(7-11-18)15(21)19-8-4-5-9-19/h13H,4-12H2,1-3H3,(H,17,20). The van der Waals surface area contributed by atoms with E-state index in [0.29, 0.717) is 12.5 Å². The Morgan fingerprint density at radius 3 is 2.14 bits per heavy atom. The van der Waals surface area contributed by atoms with Crippen LogP contribution in [-0.2, 0) is 9.59 Å². The summed E-state index contributed by atoms with van der Waals surface area (Å²) in [5.74, 6) is 0.586. The molecule has 2 fully saturated rings. The second-order valence-electron chi connectivity index (χ2n) is 7.38. The van der Waals surface area contributed by atoms with Crippen molar-refractivity contribution in [2.75, 3.05) is 32.7 Å². The summed E-state index contributed by atoms with van der Waals surface area (Å²) in [6.45, 7) is 10.00. The lowest BCUT2D eigenvalue weighted by molar-refractivity contribution is -0.136. The zero-order chi connectivity index (χ0) is 15.5. The second-order valence-corrected chi connectivity index (χ2v) is 7.38. The third kappa shape index (κ3) is 4.99. The minimum Gasteiger partial charge on any atom is -0.350 e. The van der Waals surface area contributed by atoms with Crippen molar-refractivity contribution >= 4 is 11.8 Å². The van der Waals surface area contributed by atoms with Crippen LogP contribution >= 0.6 is 0 Å². The summed E-state index contributed by atoms with van der Waals surface area (Å²) in [5.41, 5.74) is -0.179. The maximum atomic E-state index is 12.3. The minimum absolute atomic E-state index is 0.0758. The van der Waals surface area contributed by atoms with Crippen molar-refractivity contribution in [1.29, 1.82) is 0 Å². The highest BCUT2D eigenvalue weighted by Crippen LogP contribution is 2.21. The van der Waals surface area contributed by atoms with Gasteiger partial charge in [-0.05, 0) is 59.5 Å². The van der Waals surface area contributed by atoms with Gasteiger partial charge in [0.1, 0.15) is 0 Å². The number of hydrogen-bond acceptors (Lipinski definition) is 3. The van der Waals surface area contributed by atoms with Gasteiger partial charge in [0, 0.05) is 24.5 Å². The molecule has 5 nitrogen and oxygen atoms in total. The number of carbonyl (C=O) groups is 2. The number of rotatable bonds is 3. The van der Waals surface area contributed by atoms with E-state index in [1.54, 1.807) is 0 Å². The van der Waals surface area contributed by atoms with Crippen LogP contribution < -0.4 is 5.32 Å². The summed E-state index contributed by atoms with van der Waals surface area (Å²) in [6, 6.07) is 0. The van der Waals surface area contributed by atoms with Gasteiger partial charge in [-0.15, -0.1) is 0 Å². The van der Waals surface area contributed by atoms with E-state index in [9.17, 15) is 9.59 Å². The maximum Gasteiger partial charge on any atom is 0.234 e. The summed E-state index contributed by atoms with van der Waals surface area (Å²) in [6.07, 6.45) is 4.07. The molecule has 5 heteroatoms. The highest BCUT2D eigenvalue weighted by atomic mass is 16.2. The van der Waals surface area contributed by atoms with E-state index in [1.165, 1.54) is 0 Å². The van der Waals surface area contributed by atoms with Crippen molar-refractivity contribution in [2.45, 2.75) is 52.0 Å². The molecule has 0 aliphatic carbocycles. The molecule has 1 N–H and O–H groups in total. The molecular formula is C16H29N3O2. The van der Waals surface area contributed by atoms with Gasteiger partial charge in [-0.1, -0.05) is 0 Å². The second kappa shape index (κ2) is 6.77. The van der Waals surface area contributed by atoms with Crippen molar-refractivity contribution in [3.8, 4) is 0 Å². The van der Waals surface area contributed by atoms with Crippen LogP contribution in [0.25, 0.3) is 0 Å². The Kier molecular flexibility index (Phi) is 5.25. The number of nitrogens with zero attached hydrogens (tertiary/aromatic N) is 2. The largest absolute Gasteiger partial charge is 0.350 e. The molecule has 21 heavy (non-hydrogen) atoms. The van der Waals surface area contributed by atoms with Gasteiger partial charge in [0.2, 0.25) is 11.8 Å². The predicted molar refractivity (Wildman–Crippen MR) is 82.9 cm³/mol. The average molecular weight is 295 g/mol. The van der Waals surface area contributed by atoms with E-state index < -0.39 is 0 Å². The smallest absolute Gasteiger partial charge is 0.234 e. The molecule has 0 aromatic carbocycles. The number of carbonyl (C=O) groups excluding carboxylic acids is 2. The molecule has 2 aliphatic rings. The highest BCUT2D eigenvalue weighted by molar-refractivity contribution is 5.80. The van der Waals surface area contributed by atoms with Crippen LogP contribution in [0.2, 0.25) is 0 Å². The number of amides is 2. The first-order valence-corrected chi connectivity index (χ1v) is 8.17. The molecule has 2 amide bonds. The van der Waals surface area contributed by atoms with Gasteiger partial charge in [-0.25, -0.2) is 0 Å². The molecular weight excluding hydrogens is 266 g/mol. The summed E-state index contributed by atoms with van der Waals surface area (Å²) in [5, 5.41) is 2.99. The van der Waals surface area contributed by atoms with Crippen LogP contribution in [0, 0.1) is 5.92 Å². The van der Waals surface area contributed by atoms with Gasteiger partial charge < -0.3 is 10.2 Å². The zero-order valence-corrected chi connectivity index (χ0v) is 13.7. The van der Waals surface area contributed by atoms with Crippen LogP contribution in [0.3, 0.4) is 0 Å². The van der Waals surface area contributed by atoms with Crippen molar-refractivity contribution in [2.24, 2.45) is 5.92 Å². The van der Waals surface area contributed by atoms with Crippen LogP contribution in [0.5, 0.6) is 0 Å². The lowest BCUT2D eigenvalue weighted by Crippen LogP contribution is -2.48. The van der Waals surface area contributed by atoms with Crippen molar-refractivity contribution < 1.29 is 9.59 Å². The summed E-state index contributed by atoms with van der Waals surface area (Å²) >= 11 is 0. The van der Waals surface area contributed by atoms with E-state index in [0.717, 1.165) is 51.9 Å². The van der Waals surface area contributed by atoms with Gasteiger partial charge in [0.25, 0.3) is 0 Å². The molecule has 120 valence electrons. The first-order chi connectivity index (χ1) is 9.85. The molecule has 0 spiro atoms. The lowest BCUT2D eigenvalue weighted by Gasteiger charge is -2.33. The van der Waals surface area contributed by atoms with Crippen LogP contribution in [0.15, 0.2) is 0 Å². The van der Waals surface area contributed by atoms with Crippen molar-refractivity contribution in [3.05, 3.63) is 0 Å². The molecule has 0 atom stereocenters. The number of likely N-dealkylation sites (tertiary alicyclic amines) is 2. The molecule has 0 aromatic heterocycles. The Morgan fingerprint density at radius 2 is 1.62 bits per heavy atom. The summed E-state index contributed by atoms with van der Waals surface area (Å²) < 4.78 is 0. The van der Waals surface area contributed by atoms with Crippen LogP contribution in [-0.4, -0.2) is 59.9 Å². The quantitative estimate of drug-likeness (QED) is 0.852. The molecule has 2 rings (SSSR count). The van der Waals surface area contributed by atoms with Crippen LogP contribution in [0.4, 0.5) is 0 Å². The van der Waals surface area contributed by atoms with Gasteiger partial charge >= 0.3 is 0 Å². The Morgan fingerprint density at radius 1 is 1.05 bits per heavy atom. The van der Waals surface area contributed by atoms with Gasteiger partial charge in [0.15, 0.2) is 0 Å². The normalized spacial score (nSPS) is 21.6. The topological polar surface area (TPSA) is 52.7 Å². The molecule has 0 unspecified atom stereocenters. The van der Waals surface area contributed by atoms with E-state index in [-0.39, 0.29) is 17.4 Å². The summed E-state index contributed by atoms with van der Waals surface area (Å²) in [7, 11) is 0. The first kappa shape index (κ1) is 16.3. The van der Waals surface area contributed by atoms with Crippen molar-refractivity contribution in [1.82, 2.24) is 15.1 Å². The lowest BCUT2D eigenvalue weighted by atomic mass is 9.95. The Bertz CT molecular complexity index is 375. The molecule has 0 saturated carbocycles. The number of hydrogen-bond donors (Lipinski definition) is 1. The zero-order valence-electron chi connectivity index (χ0n) is 13.7. The van der Waals surface area contributed by atoms with Crippen LogP contribution in [0.1, 0.15) is 46.5 Å². The molecule has 0 aromatic rings. The van der Waals surface area contributed by atoms with Gasteiger partial charge in [0.05, 0.1) is 6.54 Å². The SMILES string of the molecule is CC(C)(C)NC(=O)CN1CCC(C(=O)N2CCCC2)CC1. The fraction of sp³-hybridized carbons (Fsp3) is 0.875. The molecule has 2 saturated heterocycles. The molecule has 2 heterocycles. The fourth-order valence-corrected chi connectivity index (χ4v) is 3.19. The van der Waals surface area contributed by atoms with E-state index in [2.05, 4.69) is 10.2 Å². The third-order valence-electron chi connectivity index (χ3n) is 4.24. The molecule has 2 aliphatic heterocycles. The maximum absolute atomic E-state index is 12.3. The third-order valence-corrected chi connectivity index (χ3v) is 4.24. The molecule has 0 bridgehead atoms.